The molecule has 0 unspecified atom stereocenters. The molecule has 0 aliphatic heterocycles. The van der Waals surface area contributed by atoms with Gasteiger partial charge in [0.05, 0.1) is 6.26 Å². The molecule has 3 heteroatoms. The molecule has 0 spiro atoms. The number of fused-ring (bicyclic) bond motifs is 1. The van der Waals surface area contributed by atoms with Crippen LogP contribution in [0.25, 0.3) is 11.0 Å². The molecule has 17 heavy (non-hydrogen) atoms. The van der Waals surface area contributed by atoms with Gasteiger partial charge >= 0.3 is 0 Å². The van der Waals surface area contributed by atoms with Crippen LogP contribution >= 0.6 is 0 Å². The summed E-state index contributed by atoms with van der Waals surface area (Å²) in [5, 5.41) is 1.16. The van der Waals surface area contributed by atoms with Gasteiger partial charge in [-0.25, -0.2) is 0 Å². The smallest absolute Gasteiger partial charge is 0.133 e. The summed E-state index contributed by atoms with van der Waals surface area (Å²) in [5.41, 5.74) is 0.956. The highest BCUT2D eigenvalue weighted by Crippen LogP contribution is 2.12. The van der Waals surface area contributed by atoms with E-state index in [0.717, 1.165) is 11.0 Å². The maximum atomic E-state index is 5.12. The zero-order valence-corrected chi connectivity index (χ0v) is 10.1. The van der Waals surface area contributed by atoms with E-state index in [1.165, 1.54) is 0 Å². The Morgan fingerprint density at radius 1 is 0.824 bits per heavy atom. The fourth-order valence-corrected chi connectivity index (χ4v) is 1.16. The highest BCUT2D eigenvalue weighted by atomic mass is 16.3. The van der Waals surface area contributed by atoms with E-state index in [0.29, 0.717) is 0 Å². The average Bonchev–Trinajstić information content (AvgIpc) is 2.92. The molecule has 0 fully saturated rings. The van der Waals surface area contributed by atoms with Gasteiger partial charge in [-0.15, -0.1) is 0 Å². The molecule has 0 atom stereocenters. The van der Waals surface area contributed by atoms with E-state index >= 15 is 0 Å². The van der Waals surface area contributed by atoms with Gasteiger partial charge < -0.3 is 4.42 Å². The molecule has 0 aliphatic rings. The Labute approximate surface area is 101 Å². The summed E-state index contributed by atoms with van der Waals surface area (Å²) in [6.07, 6.45) is 8.25. The fourth-order valence-electron chi connectivity index (χ4n) is 1.16. The van der Waals surface area contributed by atoms with Gasteiger partial charge in [0.2, 0.25) is 0 Å². The van der Waals surface area contributed by atoms with Crippen LogP contribution in [0.1, 0.15) is 13.8 Å². The topological polar surface area (TPSA) is 38.9 Å². The van der Waals surface area contributed by atoms with Crippen molar-refractivity contribution < 1.29 is 4.42 Å². The monoisotopic (exact) mass is 228 g/mol. The van der Waals surface area contributed by atoms with Crippen molar-refractivity contribution >= 4 is 11.0 Å². The van der Waals surface area contributed by atoms with Crippen molar-refractivity contribution in [3.8, 4) is 0 Å². The third-order valence-corrected chi connectivity index (χ3v) is 1.84. The third-order valence-electron chi connectivity index (χ3n) is 1.84. The number of nitrogens with zero attached hydrogens (tertiary/aromatic N) is 2. The lowest BCUT2D eigenvalue weighted by atomic mass is 10.3. The van der Waals surface area contributed by atoms with Crippen molar-refractivity contribution in [1.82, 2.24) is 9.97 Å². The van der Waals surface area contributed by atoms with Gasteiger partial charge in [-0.05, 0) is 12.1 Å². The molecular formula is C14H16N2O. The molecule has 3 rings (SSSR count). The molecule has 3 nitrogen and oxygen atoms in total. The number of furan rings is 1. The Morgan fingerprint density at radius 3 is 1.94 bits per heavy atom. The first-order valence-electron chi connectivity index (χ1n) is 5.59. The van der Waals surface area contributed by atoms with Crippen LogP contribution in [-0.4, -0.2) is 9.97 Å². The molecule has 0 amide bonds. The Balaban J connectivity index is 0.000000158. The molecule has 0 bridgehead atoms. The maximum absolute atomic E-state index is 5.12. The zero-order chi connectivity index (χ0) is 12.3. The number of aromatic nitrogens is 2. The maximum Gasteiger partial charge on any atom is 0.133 e. The van der Waals surface area contributed by atoms with Crippen LogP contribution in [0.4, 0.5) is 0 Å². The van der Waals surface area contributed by atoms with Crippen LogP contribution < -0.4 is 0 Å². The number of hydrogen-bond donors (Lipinski definition) is 0. The van der Waals surface area contributed by atoms with Crippen LogP contribution in [-0.2, 0) is 0 Å². The van der Waals surface area contributed by atoms with Crippen LogP contribution in [0.2, 0.25) is 0 Å². The van der Waals surface area contributed by atoms with Crippen molar-refractivity contribution in [1.29, 1.82) is 0 Å². The molecule has 88 valence electrons. The van der Waals surface area contributed by atoms with Gasteiger partial charge in [-0.1, -0.05) is 32.0 Å². The summed E-state index contributed by atoms with van der Waals surface area (Å²) in [5.74, 6) is 0. The molecule has 1 aromatic carbocycles. The lowest BCUT2D eigenvalue weighted by Crippen LogP contribution is -1.66. The second-order valence-corrected chi connectivity index (χ2v) is 2.85. The summed E-state index contributed by atoms with van der Waals surface area (Å²) in [6, 6.07) is 9.90. The quantitative estimate of drug-likeness (QED) is 0.585. The van der Waals surface area contributed by atoms with Crippen molar-refractivity contribution in [2.45, 2.75) is 13.8 Å². The molecule has 2 heterocycles. The van der Waals surface area contributed by atoms with Gasteiger partial charge in [0.25, 0.3) is 0 Å². The van der Waals surface area contributed by atoms with Crippen molar-refractivity contribution in [2.75, 3.05) is 0 Å². The van der Waals surface area contributed by atoms with Crippen LogP contribution in [0.15, 0.2) is 65.8 Å². The second kappa shape index (κ2) is 8.05. The van der Waals surface area contributed by atoms with E-state index in [9.17, 15) is 0 Å². The second-order valence-electron chi connectivity index (χ2n) is 2.85. The van der Waals surface area contributed by atoms with E-state index < -0.39 is 0 Å². The molecule has 0 saturated carbocycles. The van der Waals surface area contributed by atoms with E-state index in [4.69, 9.17) is 4.42 Å². The standard InChI is InChI=1S/C8H6O.C4H4N2.C2H6/c1-2-4-8-7(3-1)5-6-9-8;1-2-6-4-3-5-1;1-2/h1-6H;1-4H;1-2H3. The minimum absolute atomic E-state index is 0.956. The van der Waals surface area contributed by atoms with Gasteiger partial charge in [0, 0.05) is 30.2 Å². The zero-order valence-electron chi connectivity index (χ0n) is 10.1. The molecular weight excluding hydrogens is 212 g/mol. The largest absolute Gasteiger partial charge is 0.464 e. The first-order chi connectivity index (χ1) is 8.47. The van der Waals surface area contributed by atoms with Crippen LogP contribution in [0.5, 0.6) is 0 Å². The molecule has 0 N–H and O–H groups in total. The van der Waals surface area contributed by atoms with E-state index in [-0.39, 0.29) is 0 Å². The van der Waals surface area contributed by atoms with Crippen LogP contribution in [0.3, 0.4) is 0 Å². The molecule has 3 aromatic rings. The summed E-state index contributed by atoms with van der Waals surface area (Å²) in [4.78, 5) is 7.44. The first kappa shape index (κ1) is 12.9. The van der Waals surface area contributed by atoms with Gasteiger partial charge in [0.15, 0.2) is 0 Å². The normalized spacial score (nSPS) is 8.59. The van der Waals surface area contributed by atoms with E-state index in [1.807, 2.05) is 44.2 Å². The molecule has 0 aliphatic carbocycles. The van der Waals surface area contributed by atoms with Gasteiger partial charge in [-0.3, -0.25) is 9.97 Å². The van der Waals surface area contributed by atoms with E-state index in [2.05, 4.69) is 9.97 Å². The predicted molar refractivity (Wildman–Crippen MR) is 69.6 cm³/mol. The highest BCUT2D eigenvalue weighted by molar-refractivity contribution is 5.76. The fraction of sp³-hybridized carbons (Fsp3) is 0.143. The number of rotatable bonds is 0. The Hall–Kier alpha value is -2.16. The lowest BCUT2D eigenvalue weighted by molar-refractivity contribution is 0.616. The first-order valence-corrected chi connectivity index (χ1v) is 5.59. The Bertz CT molecular complexity index is 449. The van der Waals surface area contributed by atoms with Crippen LogP contribution in [0, 0.1) is 0 Å². The molecule has 0 saturated heterocycles. The molecule has 0 radical (unpaired) electrons. The summed E-state index contributed by atoms with van der Waals surface area (Å²) >= 11 is 0. The van der Waals surface area contributed by atoms with Gasteiger partial charge in [0.1, 0.15) is 5.58 Å². The van der Waals surface area contributed by atoms with Gasteiger partial charge in [-0.2, -0.15) is 0 Å². The summed E-state index contributed by atoms with van der Waals surface area (Å²) in [6.45, 7) is 4.00. The summed E-state index contributed by atoms with van der Waals surface area (Å²) < 4.78 is 5.12. The minimum atomic E-state index is 0.956. The Kier molecular flexibility index (Phi) is 6.11. The average molecular weight is 228 g/mol. The molecule has 2 aromatic heterocycles. The van der Waals surface area contributed by atoms with E-state index in [1.54, 1.807) is 31.1 Å². The Morgan fingerprint density at radius 2 is 1.41 bits per heavy atom. The number of benzene rings is 1. The highest BCUT2D eigenvalue weighted by Gasteiger charge is 1.89. The number of para-hydroxylation sites is 1. The summed E-state index contributed by atoms with van der Waals surface area (Å²) in [7, 11) is 0. The van der Waals surface area contributed by atoms with Crippen molar-refractivity contribution in [3.63, 3.8) is 0 Å². The minimum Gasteiger partial charge on any atom is -0.464 e. The lowest BCUT2D eigenvalue weighted by Gasteiger charge is -1.81. The van der Waals surface area contributed by atoms with Crippen molar-refractivity contribution in [3.05, 3.63) is 61.4 Å². The predicted octanol–water partition coefficient (Wildman–Crippen LogP) is 3.94. The number of hydrogen-bond acceptors (Lipinski definition) is 3. The SMILES string of the molecule is CC.c1ccc2occc2c1.c1cnccn1. The third kappa shape index (κ3) is 4.47. The van der Waals surface area contributed by atoms with Crippen molar-refractivity contribution in [2.24, 2.45) is 0 Å².